The highest BCUT2D eigenvalue weighted by Crippen LogP contribution is 2.42. The molecule has 0 saturated carbocycles. The fourth-order valence-corrected chi connectivity index (χ4v) is 4.87. The molecule has 0 unspecified atom stereocenters. The fraction of sp³-hybridized carbons (Fsp3) is 0.194. The van der Waals surface area contributed by atoms with Gasteiger partial charge in [0.2, 0.25) is 0 Å². The highest BCUT2D eigenvalue weighted by Gasteiger charge is 2.41. The SMILES string of the molecule is CCOC(OCC)c1cccc(-c2nnnn2C(c2ccccc2)(c2ccccc2)c2ccccc2)c1. The molecule has 5 aromatic rings. The van der Waals surface area contributed by atoms with E-state index in [1.807, 2.05) is 61.0 Å². The van der Waals surface area contributed by atoms with Gasteiger partial charge in [-0.1, -0.05) is 109 Å². The van der Waals surface area contributed by atoms with Crippen LogP contribution in [0.5, 0.6) is 0 Å². The normalized spacial score (nSPS) is 11.6. The standard InChI is InChI=1S/C31H30N4O2/c1-3-36-30(37-4-2)25-16-14-15-24(23-25)29-32-33-34-35(29)31(26-17-8-5-9-18-26,27-19-10-6-11-20-27)28-21-12-7-13-22-28/h5-23,30H,3-4H2,1-2H3. The van der Waals surface area contributed by atoms with Gasteiger partial charge in [-0.15, -0.1) is 5.10 Å². The Bertz CT molecular complexity index is 1300. The fourth-order valence-electron chi connectivity index (χ4n) is 4.87. The minimum absolute atomic E-state index is 0.457. The predicted octanol–water partition coefficient (Wildman–Crippen LogP) is 6.25. The van der Waals surface area contributed by atoms with Crippen LogP contribution in [0.15, 0.2) is 115 Å². The molecule has 0 atom stereocenters. The summed E-state index contributed by atoms with van der Waals surface area (Å²) >= 11 is 0. The second-order valence-electron chi connectivity index (χ2n) is 8.59. The first kappa shape index (κ1) is 24.6. The van der Waals surface area contributed by atoms with Gasteiger partial charge >= 0.3 is 0 Å². The summed E-state index contributed by atoms with van der Waals surface area (Å²) < 4.78 is 13.7. The van der Waals surface area contributed by atoms with Crippen molar-refractivity contribution in [3.05, 3.63) is 138 Å². The summed E-state index contributed by atoms with van der Waals surface area (Å²) in [4.78, 5) is 0. The number of nitrogens with zero attached hydrogens (tertiary/aromatic N) is 4. The molecule has 4 aromatic carbocycles. The topological polar surface area (TPSA) is 62.1 Å². The monoisotopic (exact) mass is 490 g/mol. The van der Waals surface area contributed by atoms with Crippen molar-refractivity contribution in [2.45, 2.75) is 25.7 Å². The average Bonchev–Trinajstić information content (AvgIpc) is 3.46. The van der Waals surface area contributed by atoms with Crippen LogP contribution in [-0.2, 0) is 15.0 Å². The Kier molecular flexibility index (Phi) is 7.49. The Morgan fingerprint density at radius 1 is 0.676 bits per heavy atom. The summed E-state index contributed by atoms with van der Waals surface area (Å²) in [6.45, 7) is 5.02. The molecule has 0 bridgehead atoms. The number of benzene rings is 4. The molecule has 1 aromatic heterocycles. The maximum atomic E-state index is 5.87. The van der Waals surface area contributed by atoms with E-state index in [2.05, 4.69) is 88.3 Å². The van der Waals surface area contributed by atoms with Crippen LogP contribution in [0.1, 0.15) is 42.4 Å². The molecule has 0 N–H and O–H groups in total. The van der Waals surface area contributed by atoms with E-state index < -0.39 is 11.8 Å². The second-order valence-corrected chi connectivity index (χ2v) is 8.59. The number of aromatic nitrogens is 4. The van der Waals surface area contributed by atoms with Crippen LogP contribution in [0.4, 0.5) is 0 Å². The van der Waals surface area contributed by atoms with Crippen molar-refractivity contribution in [3.8, 4) is 11.4 Å². The van der Waals surface area contributed by atoms with Crippen LogP contribution >= 0.6 is 0 Å². The summed E-state index contributed by atoms with van der Waals surface area (Å²) in [5.41, 5.74) is 4.15. The minimum Gasteiger partial charge on any atom is -0.349 e. The molecule has 5 rings (SSSR count). The van der Waals surface area contributed by atoms with Crippen molar-refractivity contribution in [3.63, 3.8) is 0 Å². The maximum absolute atomic E-state index is 5.87. The lowest BCUT2D eigenvalue weighted by atomic mass is 9.77. The third-order valence-electron chi connectivity index (χ3n) is 6.41. The van der Waals surface area contributed by atoms with Crippen molar-refractivity contribution in [2.75, 3.05) is 13.2 Å². The minimum atomic E-state index is -0.808. The summed E-state index contributed by atoms with van der Waals surface area (Å²) in [6.07, 6.45) is -0.457. The van der Waals surface area contributed by atoms with E-state index >= 15 is 0 Å². The van der Waals surface area contributed by atoms with Gasteiger partial charge in [-0.05, 0) is 47.0 Å². The quantitative estimate of drug-likeness (QED) is 0.171. The highest BCUT2D eigenvalue weighted by atomic mass is 16.7. The Hall–Kier alpha value is -4.13. The second kappa shape index (κ2) is 11.3. The van der Waals surface area contributed by atoms with Crippen molar-refractivity contribution < 1.29 is 9.47 Å². The number of hydrogen-bond acceptors (Lipinski definition) is 5. The van der Waals surface area contributed by atoms with Crippen LogP contribution < -0.4 is 0 Å². The van der Waals surface area contributed by atoms with E-state index in [0.717, 1.165) is 27.8 Å². The van der Waals surface area contributed by atoms with E-state index in [1.165, 1.54) is 0 Å². The van der Waals surface area contributed by atoms with Crippen LogP contribution in [0.3, 0.4) is 0 Å². The number of ether oxygens (including phenoxy) is 2. The van der Waals surface area contributed by atoms with Gasteiger partial charge in [-0.2, -0.15) is 0 Å². The van der Waals surface area contributed by atoms with Gasteiger partial charge in [0.25, 0.3) is 0 Å². The third-order valence-corrected chi connectivity index (χ3v) is 6.41. The van der Waals surface area contributed by atoms with Crippen molar-refractivity contribution in [1.29, 1.82) is 0 Å². The molecule has 0 saturated heterocycles. The molecule has 186 valence electrons. The summed E-state index contributed by atoms with van der Waals surface area (Å²) in [6, 6.07) is 39.2. The van der Waals surface area contributed by atoms with E-state index in [-0.39, 0.29) is 0 Å². The molecule has 6 heteroatoms. The smallest absolute Gasteiger partial charge is 0.183 e. The van der Waals surface area contributed by atoms with Crippen LogP contribution in [0.2, 0.25) is 0 Å². The zero-order chi connectivity index (χ0) is 25.5. The molecule has 0 amide bonds. The molecule has 0 spiro atoms. The summed E-state index contributed by atoms with van der Waals surface area (Å²) in [7, 11) is 0. The molecule has 0 fully saturated rings. The zero-order valence-corrected chi connectivity index (χ0v) is 21.1. The van der Waals surface area contributed by atoms with Gasteiger partial charge in [0.15, 0.2) is 12.1 Å². The highest BCUT2D eigenvalue weighted by molar-refractivity contribution is 5.60. The van der Waals surface area contributed by atoms with Gasteiger partial charge in [0.1, 0.15) is 5.54 Å². The van der Waals surface area contributed by atoms with Gasteiger partial charge < -0.3 is 9.47 Å². The van der Waals surface area contributed by atoms with Gasteiger partial charge in [0.05, 0.1) is 0 Å². The summed E-state index contributed by atoms with van der Waals surface area (Å²) in [5.74, 6) is 0.644. The van der Waals surface area contributed by atoms with Gasteiger partial charge in [-0.25, -0.2) is 4.68 Å². The van der Waals surface area contributed by atoms with Crippen molar-refractivity contribution in [1.82, 2.24) is 20.2 Å². The third kappa shape index (κ3) is 4.69. The molecule has 6 nitrogen and oxygen atoms in total. The van der Waals surface area contributed by atoms with Crippen LogP contribution in [0, 0.1) is 0 Å². The van der Waals surface area contributed by atoms with Crippen molar-refractivity contribution in [2.24, 2.45) is 0 Å². The van der Waals surface area contributed by atoms with Crippen molar-refractivity contribution >= 4 is 0 Å². The lowest BCUT2D eigenvalue weighted by Crippen LogP contribution is -2.39. The molecular weight excluding hydrogens is 460 g/mol. The Morgan fingerprint density at radius 3 is 1.68 bits per heavy atom. The molecule has 37 heavy (non-hydrogen) atoms. The number of tetrazole rings is 1. The Balaban J connectivity index is 1.77. The Morgan fingerprint density at radius 2 is 1.19 bits per heavy atom. The van der Waals surface area contributed by atoms with E-state index in [9.17, 15) is 0 Å². The van der Waals surface area contributed by atoms with Gasteiger partial charge in [-0.3, -0.25) is 0 Å². The van der Waals surface area contributed by atoms with E-state index in [4.69, 9.17) is 9.47 Å². The molecule has 0 radical (unpaired) electrons. The van der Waals surface area contributed by atoms with Gasteiger partial charge in [0, 0.05) is 24.3 Å². The lowest BCUT2D eigenvalue weighted by Gasteiger charge is -2.36. The Labute approximate surface area is 217 Å². The van der Waals surface area contributed by atoms with E-state index in [1.54, 1.807) is 0 Å². The first-order valence-corrected chi connectivity index (χ1v) is 12.6. The van der Waals surface area contributed by atoms with Crippen LogP contribution in [0.25, 0.3) is 11.4 Å². The summed E-state index contributed by atoms with van der Waals surface area (Å²) in [5, 5.41) is 13.4. The average molecular weight is 491 g/mol. The molecule has 0 aliphatic rings. The first-order valence-electron chi connectivity index (χ1n) is 12.6. The lowest BCUT2D eigenvalue weighted by molar-refractivity contribution is -0.140. The molecule has 1 heterocycles. The molecule has 0 aliphatic carbocycles. The predicted molar refractivity (Wildman–Crippen MR) is 144 cm³/mol. The number of hydrogen-bond donors (Lipinski definition) is 0. The first-order chi connectivity index (χ1) is 18.3. The zero-order valence-electron chi connectivity index (χ0n) is 21.1. The number of rotatable bonds is 10. The maximum Gasteiger partial charge on any atom is 0.183 e. The van der Waals surface area contributed by atoms with E-state index in [0.29, 0.717) is 19.0 Å². The largest absolute Gasteiger partial charge is 0.349 e. The molecular formula is C31H30N4O2. The molecule has 0 aliphatic heterocycles. The van der Waals surface area contributed by atoms with Crippen LogP contribution in [-0.4, -0.2) is 33.4 Å².